The van der Waals surface area contributed by atoms with Gasteiger partial charge >= 0.3 is 0 Å². The Kier molecular flexibility index (Phi) is 4.41. The highest BCUT2D eigenvalue weighted by atomic mass is 14.6. The lowest BCUT2D eigenvalue weighted by Crippen LogP contribution is -2.11. The third kappa shape index (κ3) is 2.71. The van der Waals surface area contributed by atoms with Gasteiger partial charge in [0.2, 0.25) is 0 Å². The van der Waals surface area contributed by atoms with Gasteiger partial charge in [0.05, 0.1) is 0 Å². The highest BCUT2D eigenvalue weighted by Crippen LogP contribution is 2.20. The minimum Gasteiger partial charge on any atom is -0.324 e. The Balaban J connectivity index is 2.77. The van der Waals surface area contributed by atoms with Crippen molar-refractivity contribution in [3.8, 4) is 0 Å². The first-order valence-corrected chi connectivity index (χ1v) is 5.23. The molecule has 1 unspecified atom stereocenters. The highest BCUT2D eigenvalue weighted by molar-refractivity contribution is 5.29. The molecule has 1 heteroatoms. The lowest BCUT2D eigenvalue weighted by atomic mass is 9.96. The van der Waals surface area contributed by atoms with E-state index >= 15 is 0 Å². The fraction of sp³-hybridized carbons (Fsp3) is 0.385. The molecular formula is C13H19N. The lowest BCUT2D eigenvalue weighted by molar-refractivity contribution is 0.654. The molecule has 1 nitrogen and oxygen atoms in total. The maximum absolute atomic E-state index is 6.11. The minimum absolute atomic E-state index is 0.157. The topological polar surface area (TPSA) is 26.0 Å². The van der Waals surface area contributed by atoms with E-state index < -0.39 is 0 Å². The zero-order chi connectivity index (χ0) is 10.4. The smallest absolute Gasteiger partial charge is 0.0300 e. The van der Waals surface area contributed by atoms with Gasteiger partial charge < -0.3 is 5.73 Å². The van der Waals surface area contributed by atoms with E-state index in [0.29, 0.717) is 0 Å². The third-order valence-corrected chi connectivity index (χ3v) is 2.52. The van der Waals surface area contributed by atoms with Crippen molar-refractivity contribution >= 4 is 0 Å². The molecule has 0 amide bonds. The molecule has 0 bridgehead atoms. The number of nitrogens with two attached hydrogens (primary N) is 1. The Morgan fingerprint density at radius 1 is 1.43 bits per heavy atom. The van der Waals surface area contributed by atoms with Crippen LogP contribution in [-0.4, -0.2) is 0 Å². The number of rotatable bonds is 5. The summed E-state index contributed by atoms with van der Waals surface area (Å²) in [7, 11) is 0. The van der Waals surface area contributed by atoms with Gasteiger partial charge in [-0.15, -0.1) is 6.58 Å². The Hall–Kier alpha value is -1.08. The van der Waals surface area contributed by atoms with Crippen LogP contribution in [0.2, 0.25) is 0 Å². The van der Waals surface area contributed by atoms with Crippen LogP contribution in [0.1, 0.15) is 36.9 Å². The average Bonchev–Trinajstić information content (AvgIpc) is 2.25. The van der Waals surface area contributed by atoms with Gasteiger partial charge in [0, 0.05) is 6.04 Å². The monoisotopic (exact) mass is 189 g/mol. The summed E-state index contributed by atoms with van der Waals surface area (Å²) < 4.78 is 0. The van der Waals surface area contributed by atoms with Crippen LogP contribution in [0, 0.1) is 0 Å². The second-order valence-corrected chi connectivity index (χ2v) is 3.52. The molecule has 2 N–H and O–H groups in total. The second-order valence-electron chi connectivity index (χ2n) is 3.52. The van der Waals surface area contributed by atoms with Crippen LogP contribution >= 0.6 is 0 Å². The fourth-order valence-electron chi connectivity index (χ4n) is 1.67. The number of benzene rings is 1. The molecule has 76 valence electrons. The third-order valence-electron chi connectivity index (χ3n) is 2.52. The normalized spacial score (nSPS) is 12.4. The van der Waals surface area contributed by atoms with Crippen molar-refractivity contribution in [3.63, 3.8) is 0 Å². The van der Waals surface area contributed by atoms with Crippen molar-refractivity contribution < 1.29 is 0 Å². The SMILES string of the molecule is C=CCCC(N)c1ccccc1CC. The molecule has 0 fully saturated rings. The molecule has 1 aromatic rings. The first-order chi connectivity index (χ1) is 6.79. The number of allylic oxidation sites excluding steroid dienone is 1. The van der Waals surface area contributed by atoms with Crippen LogP contribution in [0.3, 0.4) is 0 Å². The van der Waals surface area contributed by atoms with Gasteiger partial charge in [-0.1, -0.05) is 37.3 Å². The molecular weight excluding hydrogens is 170 g/mol. The molecule has 0 saturated heterocycles. The van der Waals surface area contributed by atoms with Gasteiger partial charge in [-0.05, 0) is 30.4 Å². The van der Waals surface area contributed by atoms with Crippen LogP contribution in [0.5, 0.6) is 0 Å². The first kappa shape index (κ1) is 11.0. The molecule has 1 aromatic carbocycles. The molecule has 0 aliphatic rings. The number of hydrogen-bond donors (Lipinski definition) is 1. The summed E-state index contributed by atoms with van der Waals surface area (Å²) in [5, 5.41) is 0. The van der Waals surface area contributed by atoms with E-state index in [1.807, 2.05) is 6.08 Å². The van der Waals surface area contributed by atoms with Crippen molar-refractivity contribution in [2.24, 2.45) is 5.73 Å². The predicted molar refractivity (Wildman–Crippen MR) is 62.2 cm³/mol. The van der Waals surface area contributed by atoms with E-state index in [2.05, 4.69) is 37.8 Å². The van der Waals surface area contributed by atoms with Crippen molar-refractivity contribution in [1.29, 1.82) is 0 Å². The molecule has 0 spiro atoms. The standard InChI is InChI=1S/C13H19N/c1-3-5-10-13(14)12-9-7-6-8-11(12)4-2/h3,6-9,13H,1,4-5,10,14H2,2H3. The molecule has 0 aliphatic carbocycles. The quantitative estimate of drug-likeness (QED) is 0.707. The Labute approximate surface area is 86.6 Å². The van der Waals surface area contributed by atoms with E-state index in [1.165, 1.54) is 11.1 Å². The maximum atomic E-state index is 6.11. The first-order valence-electron chi connectivity index (χ1n) is 5.23. The van der Waals surface area contributed by atoms with Gasteiger partial charge in [0.25, 0.3) is 0 Å². The molecule has 0 aromatic heterocycles. The summed E-state index contributed by atoms with van der Waals surface area (Å²) in [5.74, 6) is 0. The van der Waals surface area contributed by atoms with Crippen molar-refractivity contribution in [3.05, 3.63) is 48.0 Å². The summed E-state index contributed by atoms with van der Waals surface area (Å²) in [6, 6.07) is 8.57. The predicted octanol–water partition coefficient (Wildman–Crippen LogP) is 3.22. The average molecular weight is 189 g/mol. The van der Waals surface area contributed by atoms with Crippen LogP contribution in [-0.2, 0) is 6.42 Å². The molecule has 1 atom stereocenters. The molecule has 0 saturated carbocycles. The van der Waals surface area contributed by atoms with Crippen LogP contribution in [0.4, 0.5) is 0 Å². The van der Waals surface area contributed by atoms with E-state index in [1.54, 1.807) is 0 Å². The molecule has 0 heterocycles. The van der Waals surface area contributed by atoms with Gasteiger partial charge in [0.1, 0.15) is 0 Å². The fourth-order valence-corrected chi connectivity index (χ4v) is 1.67. The van der Waals surface area contributed by atoms with E-state index in [4.69, 9.17) is 5.73 Å². The summed E-state index contributed by atoms with van der Waals surface area (Å²) >= 11 is 0. The van der Waals surface area contributed by atoms with Crippen molar-refractivity contribution in [2.75, 3.05) is 0 Å². The van der Waals surface area contributed by atoms with E-state index in [9.17, 15) is 0 Å². The van der Waals surface area contributed by atoms with Gasteiger partial charge in [-0.25, -0.2) is 0 Å². The minimum atomic E-state index is 0.157. The van der Waals surface area contributed by atoms with Gasteiger partial charge in [-0.3, -0.25) is 0 Å². The Morgan fingerprint density at radius 2 is 2.14 bits per heavy atom. The van der Waals surface area contributed by atoms with Gasteiger partial charge in [-0.2, -0.15) is 0 Å². The highest BCUT2D eigenvalue weighted by Gasteiger charge is 2.07. The van der Waals surface area contributed by atoms with Crippen LogP contribution in [0.25, 0.3) is 0 Å². The zero-order valence-corrected chi connectivity index (χ0v) is 8.87. The largest absolute Gasteiger partial charge is 0.324 e. The van der Waals surface area contributed by atoms with E-state index in [-0.39, 0.29) is 6.04 Å². The summed E-state index contributed by atoms with van der Waals surface area (Å²) in [6.07, 6.45) is 4.95. The van der Waals surface area contributed by atoms with Crippen molar-refractivity contribution in [1.82, 2.24) is 0 Å². The van der Waals surface area contributed by atoms with Gasteiger partial charge in [0.15, 0.2) is 0 Å². The zero-order valence-electron chi connectivity index (χ0n) is 8.87. The number of hydrogen-bond acceptors (Lipinski definition) is 1. The Morgan fingerprint density at radius 3 is 2.79 bits per heavy atom. The molecule has 0 radical (unpaired) electrons. The second kappa shape index (κ2) is 5.61. The van der Waals surface area contributed by atoms with Crippen LogP contribution < -0.4 is 5.73 Å². The maximum Gasteiger partial charge on any atom is 0.0300 e. The molecule has 0 aliphatic heterocycles. The lowest BCUT2D eigenvalue weighted by Gasteiger charge is -2.14. The number of aryl methyl sites for hydroxylation is 1. The molecule has 14 heavy (non-hydrogen) atoms. The molecule has 1 rings (SSSR count). The van der Waals surface area contributed by atoms with Crippen LogP contribution in [0.15, 0.2) is 36.9 Å². The Bertz CT molecular complexity index is 291. The summed E-state index contributed by atoms with van der Waals surface area (Å²) in [5.41, 5.74) is 8.76. The summed E-state index contributed by atoms with van der Waals surface area (Å²) in [6.45, 7) is 5.88. The van der Waals surface area contributed by atoms with E-state index in [0.717, 1.165) is 19.3 Å². The van der Waals surface area contributed by atoms with Crippen molar-refractivity contribution in [2.45, 2.75) is 32.2 Å². The summed E-state index contributed by atoms with van der Waals surface area (Å²) in [4.78, 5) is 0.